The van der Waals surface area contributed by atoms with Crippen molar-refractivity contribution in [2.24, 2.45) is 5.73 Å². The van der Waals surface area contributed by atoms with Crippen molar-refractivity contribution in [3.63, 3.8) is 0 Å². The number of nitrogens with zero attached hydrogens (tertiary/aromatic N) is 2. The summed E-state index contributed by atoms with van der Waals surface area (Å²) in [6.45, 7) is 4.25. The molecule has 1 heterocycles. The third kappa shape index (κ3) is 3.31. The van der Waals surface area contributed by atoms with Gasteiger partial charge < -0.3 is 10.6 Å². The Hall–Kier alpha value is -0.900. The maximum atomic E-state index is 6.08. The minimum Gasteiger partial charge on any atom is -0.329 e. The predicted octanol–water partition coefficient (Wildman–Crippen LogP) is 2.29. The molecule has 1 aromatic carbocycles. The molecule has 0 bridgehead atoms. The molecule has 116 valence electrons. The van der Waals surface area contributed by atoms with Gasteiger partial charge in [-0.3, -0.25) is 4.90 Å². The average molecular weight is 287 g/mol. The first-order chi connectivity index (χ1) is 10.3. The van der Waals surface area contributed by atoms with E-state index < -0.39 is 0 Å². The van der Waals surface area contributed by atoms with Crippen molar-refractivity contribution in [3.05, 3.63) is 35.9 Å². The molecule has 0 radical (unpaired) electrons. The Morgan fingerprint density at radius 1 is 1.10 bits per heavy atom. The largest absolute Gasteiger partial charge is 0.329 e. The van der Waals surface area contributed by atoms with Gasteiger partial charge in [0.25, 0.3) is 0 Å². The highest BCUT2D eigenvalue weighted by Crippen LogP contribution is 2.37. The van der Waals surface area contributed by atoms with Gasteiger partial charge in [-0.25, -0.2) is 0 Å². The van der Waals surface area contributed by atoms with Crippen LogP contribution in [-0.4, -0.2) is 55.1 Å². The molecule has 3 rings (SSSR count). The van der Waals surface area contributed by atoms with Crippen molar-refractivity contribution in [2.45, 2.75) is 43.7 Å². The van der Waals surface area contributed by atoms with Crippen molar-refractivity contribution in [2.75, 3.05) is 33.2 Å². The molecule has 0 aromatic heterocycles. The normalized spacial score (nSPS) is 32.2. The van der Waals surface area contributed by atoms with E-state index in [0.717, 1.165) is 13.1 Å². The van der Waals surface area contributed by atoms with Crippen LogP contribution in [0.5, 0.6) is 0 Å². The molecular weight excluding hydrogens is 258 g/mol. The fraction of sp³-hybridized carbons (Fsp3) is 0.667. The van der Waals surface area contributed by atoms with Crippen molar-refractivity contribution in [3.8, 4) is 0 Å². The van der Waals surface area contributed by atoms with E-state index in [1.54, 1.807) is 0 Å². The van der Waals surface area contributed by atoms with Crippen molar-refractivity contribution < 1.29 is 0 Å². The number of benzene rings is 1. The van der Waals surface area contributed by atoms with Gasteiger partial charge in [0.1, 0.15) is 0 Å². The van der Waals surface area contributed by atoms with Gasteiger partial charge in [0.15, 0.2) is 0 Å². The topological polar surface area (TPSA) is 32.5 Å². The summed E-state index contributed by atoms with van der Waals surface area (Å²) in [5.74, 6) is 0.692. The molecule has 2 aliphatic rings. The summed E-state index contributed by atoms with van der Waals surface area (Å²) in [6, 6.07) is 12.3. The molecule has 1 aromatic rings. The standard InChI is InChI=1S/C18H29N3/c1-20-11-12-21(16(13-19)14-20)18-10-6-5-9-17(18)15-7-3-2-4-8-15/h2-4,7-8,16-18H,5-6,9-14,19H2,1H3. The van der Waals surface area contributed by atoms with Crippen LogP contribution in [0.3, 0.4) is 0 Å². The molecule has 3 nitrogen and oxygen atoms in total. The number of hydrogen-bond donors (Lipinski definition) is 1. The molecule has 3 unspecified atom stereocenters. The van der Waals surface area contributed by atoms with Crippen LogP contribution in [0.2, 0.25) is 0 Å². The second-order valence-corrected chi connectivity index (χ2v) is 6.76. The molecule has 1 aliphatic heterocycles. The van der Waals surface area contributed by atoms with Crippen LogP contribution in [0.1, 0.15) is 37.2 Å². The van der Waals surface area contributed by atoms with Crippen molar-refractivity contribution in [1.29, 1.82) is 0 Å². The van der Waals surface area contributed by atoms with E-state index in [1.165, 1.54) is 44.3 Å². The van der Waals surface area contributed by atoms with Crippen LogP contribution < -0.4 is 5.73 Å². The Morgan fingerprint density at radius 2 is 1.86 bits per heavy atom. The van der Waals surface area contributed by atoms with Crippen LogP contribution in [0.15, 0.2) is 30.3 Å². The number of nitrogens with two attached hydrogens (primary N) is 1. The summed E-state index contributed by atoms with van der Waals surface area (Å²) in [4.78, 5) is 5.16. The zero-order chi connectivity index (χ0) is 14.7. The zero-order valence-electron chi connectivity index (χ0n) is 13.2. The zero-order valence-corrected chi connectivity index (χ0v) is 13.2. The minimum absolute atomic E-state index is 0.526. The fourth-order valence-electron chi connectivity index (χ4n) is 4.27. The molecule has 2 N–H and O–H groups in total. The molecule has 3 heteroatoms. The average Bonchev–Trinajstić information content (AvgIpc) is 2.55. The Kier molecular flexibility index (Phi) is 4.94. The summed E-state index contributed by atoms with van der Waals surface area (Å²) >= 11 is 0. The number of hydrogen-bond acceptors (Lipinski definition) is 3. The second-order valence-electron chi connectivity index (χ2n) is 6.76. The lowest BCUT2D eigenvalue weighted by Crippen LogP contribution is -2.59. The number of rotatable bonds is 3. The lowest BCUT2D eigenvalue weighted by atomic mass is 9.78. The van der Waals surface area contributed by atoms with E-state index >= 15 is 0 Å². The van der Waals surface area contributed by atoms with Gasteiger partial charge in [-0.05, 0) is 31.4 Å². The summed E-state index contributed by atoms with van der Waals surface area (Å²) in [6.07, 6.45) is 5.41. The van der Waals surface area contributed by atoms with E-state index in [-0.39, 0.29) is 0 Å². The monoisotopic (exact) mass is 287 g/mol. The Bertz CT molecular complexity index is 433. The van der Waals surface area contributed by atoms with E-state index in [9.17, 15) is 0 Å². The van der Waals surface area contributed by atoms with Gasteiger partial charge in [0.05, 0.1) is 0 Å². The molecule has 1 aliphatic carbocycles. The highest BCUT2D eigenvalue weighted by molar-refractivity contribution is 5.22. The highest BCUT2D eigenvalue weighted by atomic mass is 15.3. The molecule has 2 fully saturated rings. The van der Waals surface area contributed by atoms with Gasteiger partial charge in [-0.15, -0.1) is 0 Å². The molecule has 21 heavy (non-hydrogen) atoms. The first-order valence-corrected chi connectivity index (χ1v) is 8.49. The molecule has 0 amide bonds. The maximum Gasteiger partial charge on any atom is 0.0349 e. The van der Waals surface area contributed by atoms with Crippen LogP contribution in [-0.2, 0) is 0 Å². The lowest BCUT2D eigenvalue weighted by Gasteiger charge is -2.48. The van der Waals surface area contributed by atoms with E-state index in [1.807, 2.05) is 0 Å². The second kappa shape index (κ2) is 6.91. The first-order valence-electron chi connectivity index (χ1n) is 8.49. The molecule has 1 saturated carbocycles. The van der Waals surface area contributed by atoms with Gasteiger partial charge in [-0.2, -0.15) is 0 Å². The van der Waals surface area contributed by atoms with E-state index in [0.29, 0.717) is 18.0 Å². The highest BCUT2D eigenvalue weighted by Gasteiger charge is 2.36. The SMILES string of the molecule is CN1CCN(C2CCCCC2c2ccccc2)C(CN)C1. The Balaban J connectivity index is 1.80. The van der Waals surface area contributed by atoms with Crippen molar-refractivity contribution >= 4 is 0 Å². The minimum atomic E-state index is 0.526. The molecule has 3 atom stereocenters. The van der Waals surface area contributed by atoms with E-state index in [2.05, 4.69) is 47.2 Å². The van der Waals surface area contributed by atoms with Gasteiger partial charge in [0, 0.05) is 38.3 Å². The van der Waals surface area contributed by atoms with Crippen LogP contribution in [0.25, 0.3) is 0 Å². The fourth-order valence-corrected chi connectivity index (χ4v) is 4.27. The smallest absolute Gasteiger partial charge is 0.0349 e. The van der Waals surface area contributed by atoms with Crippen LogP contribution >= 0.6 is 0 Å². The molecule has 1 saturated heterocycles. The quantitative estimate of drug-likeness (QED) is 0.926. The predicted molar refractivity (Wildman–Crippen MR) is 88.5 cm³/mol. The summed E-state index contributed by atoms with van der Waals surface area (Å²) < 4.78 is 0. The molecule has 0 spiro atoms. The lowest BCUT2D eigenvalue weighted by molar-refractivity contribution is 0.0315. The third-order valence-electron chi connectivity index (χ3n) is 5.39. The molecular formula is C18H29N3. The number of likely N-dealkylation sites (N-methyl/N-ethyl adjacent to an activating group) is 1. The van der Waals surface area contributed by atoms with Crippen LogP contribution in [0.4, 0.5) is 0 Å². The van der Waals surface area contributed by atoms with Gasteiger partial charge in [0.2, 0.25) is 0 Å². The van der Waals surface area contributed by atoms with Gasteiger partial charge >= 0.3 is 0 Å². The third-order valence-corrected chi connectivity index (χ3v) is 5.39. The van der Waals surface area contributed by atoms with Crippen LogP contribution in [0, 0.1) is 0 Å². The Morgan fingerprint density at radius 3 is 2.62 bits per heavy atom. The maximum absolute atomic E-state index is 6.08. The van der Waals surface area contributed by atoms with Gasteiger partial charge in [-0.1, -0.05) is 43.2 Å². The van der Waals surface area contributed by atoms with Crippen molar-refractivity contribution in [1.82, 2.24) is 9.80 Å². The summed E-state index contributed by atoms with van der Waals surface area (Å²) in [5, 5.41) is 0. The summed E-state index contributed by atoms with van der Waals surface area (Å²) in [7, 11) is 2.22. The van der Waals surface area contributed by atoms with E-state index in [4.69, 9.17) is 5.73 Å². The summed E-state index contributed by atoms with van der Waals surface area (Å²) in [5.41, 5.74) is 7.60. The number of piperazine rings is 1. The Labute approximate surface area is 129 Å². The first kappa shape index (κ1) is 15.0.